The molecule has 3 aromatic rings. The van der Waals surface area contributed by atoms with Crippen molar-refractivity contribution in [3.63, 3.8) is 0 Å². The number of fused-ring (bicyclic) bond motifs is 1. The fourth-order valence-electron chi connectivity index (χ4n) is 3.20. The molecule has 0 fully saturated rings. The van der Waals surface area contributed by atoms with Gasteiger partial charge in [-0.1, -0.05) is 30.7 Å². The molecule has 0 aliphatic carbocycles. The highest BCUT2D eigenvalue weighted by molar-refractivity contribution is 5.87. The van der Waals surface area contributed by atoms with Crippen LogP contribution in [0.5, 0.6) is 5.75 Å². The third-order valence-electron chi connectivity index (χ3n) is 4.53. The van der Waals surface area contributed by atoms with Gasteiger partial charge in [0.05, 0.1) is 5.69 Å². The highest BCUT2D eigenvalue weighted by Crippen LogP contribution is 2.31. The quantitative estimate of drug-likeness (QED) is 0.734. The predicted molar refractivity (Wildman–Crippen MR) is 98.4 cm³/mol. The van der Waals surface area contributed by atoms with Crippen LogP contribution in [0.25, 0.3) is 11.4 Å². The molecule has 0 spiro atoms. The molecule has 0 saturated heterocycles. The van der Waals surface area contributed by atoms with Crippen molar-refractivity contribution in [2.75, 3.05) is 0 Å². The van der Waals surface area contributed by atoms with Gasteiger partial charge in [-0.25, -0.2) is 0 Å². The van der Waals surface area contributed by atoms with Crippen LogP contribution in [0.1, 0.15) is 30.7 Å². The van der Waals surface area contributed by atoms with Crippen molar-refractivity contribution in [2.45, 2.75) is 32.2 Å². The van der Waals surface area contributed by atoms with Crippen molar-refractivity contribution in [3.05, 3.63) is 59.9 Å². The molecule has 0 amide bonds. The van der Waals surface area contributed by atoms with E-state index in [-0.39, 0.29) is 5.75 Å². The van der Waals surface area contributed by atoms with Gasteiger partial charge in [-0.3, -0.25) is 4.99 Å². The second-order valence-corrected chi connectivity index (χ2v) is 6.24. The molecule has 126 valence electrons. The minimum atomic E-state index is 0.222. The Morgan fingerprint density at radius 2 is 1.80 bits per heavy atom. The zero-order valence-corrected chi connectivity index (χ0v) is 14.0. The molecule has 1 N–H and O–H groups in total. The van der Waals surface area contributed by atoms with Crippen LogP contribution in [-0.4, -0.2) is 26.1 Å². The summed E-state index contributed by atoms with van der Waals surface area (Å²) < 4.78 is 2.22. The van der Waals surface area contributed by atoms with E-state index in [1.54, 1.807) is 18.3 Å². The van der Waals surface area contributed by atoms with E-state index in [0.29, 0.717) is 5.56 Å². The van der Waals surface area contributed by atoms with Gasteiger partial charge in [-0.2, -0.15) is 0 Å². The Hall–Kier alpha value is -2.95. The SMILES string of the molecule is Oc1ccccc1C=Nc1ccccc1-c1nnc2n1CCCCC2. The van der Waals surface area contributed by atoms with E-state index in [0.717, 1.165) is 42.3 Å². The molecular formula is C20H20N4O. The lowest BCUT2D eigenvalue weighted by atomic mass is 10.1. The van der Waals surface area contributed by atoms with Crippen molar-refractivity contribution in [1.29, 1.82) is 0 Å². The first-order valence-corrected chi connectivity index (χ1v) is 8.66. The summed E-state index contributed by atoms with van der Waals surface area (Å²) in [5, 5.41) is 18.7. The van der Waals surface area contributed by atoms with Crippen LogP contribution in [0.3, 0.4) is 0 Å². The van der Waals surface area contributed by atoms with Crippen LogP contribution in [-0.2, 0) is 13.0 Å². The van der Waals surface area contributed by atoms with Crippen molar-refractivity contribution < 1.29 is 5.11 Å². The van der Waals surface area contributed by atoms with Crippen LogP contribution >= 0.6 is 0 Å². The van der Waals surface area contributed by atoms with E-state index < -0.39 is 0 Å². The molecule has 0 bridgehead atoms. The number of para-hydroxylation sites is 2. The summed E-state index contributed by atoms with van der Waals surface area (Å²) in [6, 6.07) is 15.1. The first-order valence-electron chi connectivity index (χ1n) is 8.66. The minimum Gasteiger partial charge on any atom is -0.507 e. The monoisotopic (exact) mass is 332 g/mol. The first kappa shape index (κ1) is 15.6. The molecule has 25 heavy (non-hydrogen) atoms. The maximum absolute atomic E-state index is 9.91. The molecule has 0 unspecified atom stereocenters. The van der Waals surface area contributed by atoms with E-state index >= 15 is 0 Å². The number of hydrogen-bond donors (Lipinski definition) is 1. The predicted octanol–water partition coefficient (Wildman–Crippen LogP) is 4.13. The molecule has 0 atom stereocenters. The number of phenols is 1. The van der Waals surface area contributed by atoms with Gasteiger partial charge in [-0.05, 0) is 37.1 Å². The summed E-state index contributed by atoms with van der Waals surface area (Å²) in [4.78, 5) is 4.60. The Kier molecular flexibility index (Phi) is 4.29. The highest BCUT2D eigenvalue weighted by atomic mass is 16.3. The number of hydrogen-bond acceptors (Lipinski definition) is 4. The summed E-state index contributed by atoms with van der Waals surface area (Å²) in [5.74, 6) is 2.16. The summed E-state index contributed by atoms with van der Waals surface area (Å²) in [6.07, 6.45) is 6.23. The third kappa shape index (κ3) is 3.18. The molecule has 1 aromatic heterocycles. The standard InChI is InChI=1S/C20H20N4O/c25-18-11-6-3-8-15(18)14-21-17-10-5-4-9-16(17)20-23-22-19-12-2-1-7-13-24(19)20/h3-6,8-11,14,25H,1-2,7,12-13H2. The summed E-state index contributed by atoms with van der Waals surface area (Å²) >= 11 is 0. The van der Waals surface area contributed by atoms with Gasteiger partial charge in [0.1, 0.15) is 11.6 Å². The van der Waals surface area contributed by atoms with Crippen molar-refractivity contribution in [2.24, 2.45) is 4.99 Å². The fraction of sp³-hybridized carbons (Fsp3) is 0.250. The Labute approximate surface area is 146 Å². The van der Waals surface area contributed by atoms with Crippen molar-refractivity contribution in [1.82, 2.24) is 14.8 Å². The van der Waals surface area contributed by atoms with Crippen LogP contribution < -0.4 is 0 Å². The lowest BCUT2D eigenvalue weighted by molar-refractivity contribution is 0.474. The van der Waals surface area contributed by atoms with E-state index in [9.17, 15) is 5.11 Å². The number of rotatable bonds is 3. The Morgan fingerprint density at radius 3 is 2.72 bits per heavy atom. The molecule has 4 rings (SSSR count). The molecule has 0 radical (unpaired) electrons. The Balaban J connectivity index is 1.73. The second kappa shape index (κ2) is 6.89. The number of phenolic OH excluding ortho intramolecular Hbond substituents is 1. The maximum atomic E-state index is 9.91. The number of benzene rings is 2. The van der Waals surface area contributed by atoms with Gasteiger partial charge in [0.15, 0.2) is 5.82 Å². The molecule has 2 heterocycles. The average molecular weight is 332 g/mol. The molecule has 5 nitrogen and oxygen atoms in total. The zero-order valence-electron chi connectivity index (χ0n) is 14.0. The molecule has 0 saturated carbocycles. The summed E-state index contributed by atoms with van der Waals surface area (Å²) in [6.45, 7) is 0.954. The summed E-state index contributed by atoms with van der Waals surface area (Å²) in [7, 11) is 0. The number of aryl methyl sites for hydroxylation is 1. The second-order valence-electron chi connectivity index (χ2n) is 6.24. The van der Waals surface area contributed by atoms with Gasteiger partial charge in [-0.15, -0.1) is 10.2 Å². The zero-order chi connectivity index (χ0) is 17.1. The minimum absolute atomic E-state index is 0.222. The molecule has 2 aromatic carbocycles. The topological polar surface area (TPSA) is 63.3 Å². The molecule has 1 aliphatic rings. The number of nitrogens with zero attached hydrogens (tertiary/aromatic N) is 4. The Bertz CT molecular complexity index is 914. The van der Waals surface area contributed by atoms with Gasteiger partial charge in [0.25, 0.3) is 0 Å². The molecule has 5 heteroatoms. The van der Waals surface area contributed by atoms with Crippen LogP contribution in [0.2, 0.25) is 0 Å². The maximum Gasteiger partial charge on any atom is 0.166 e. The van der Waals surface area contributed by atoms with Gasteiger partial charge in [0, 0.05) is 30.3 Å². The van der Waals surface area contributed by atoms with E-state index in [2.05, 4.69) is 19.8 Å². The van der Waals surface area contributed by atoms with E-state index in [1.165, 1.54) is 12.8 Å². The molecule has 1 aliphatic heterocycles. The molecular weight excluding hydrogens is 312 g/mol. The third-order valence-corrected chi connectivity index (χ3v) is 4.53. The number of aromatic hydroxyl groups is 1. The lowest BCUT2D eigenvalue weighted by Crippen LogP contribution is -2.03. The number of aliphatic imine (C=N–C) groups is 1. The van der Waals surface area contributed by atoms with Gasteiger partial charge >= 0.3 is 0 Å². The van der Waals surface area contributed by atoms with Crippen LogP contribution in [0.4, 0.5) is 5.69 Å². The van der Waals surface area contributed by atoms with Crippen molar-refractivity contribution in [3.8, 4) is 17.1 Å². The fourth-order valence-corrected chi connectivity index (χ4v) is 3.20. The Morgan fingerprint density at radius 1 is 0.960 bits per heavy atom. The smallest absolute Gasteiger partial charge is 0.166 e. The lowest BCUT2D eigenvalue weighted by Gasteiger charge is -2.09. The summed E-state index contributed by atoms with van der Waals surface area (Å²) in [5.41, 5.74) is 2.48. The van der Waals surface area contributed by atoms with Gasteiger partial charge in [0.2, 0.25) is 0 Å². The van der Waals surface area contributed by atoms with Gasteiger partial charge < -0.3 is 9.67 Å². The van der Waals surface area contributed by atoms with Crippen molar-refractivity contribution >= 4 is 11.9 Å². The van der Waals surface area contributed by atoms with E-state index in [4.69, 9.17) is 0 Å². The van der Waals surface area contributed by atoms with Crippen LogP contribution in [0.15, 0.2) is 53.5 Å². The normalized spacial score (nSPS) is 14.4. The van der Waals surface area contributed by atoms with E-state index in [1.807, 2.05) is 36.4 Å². The van der Waals surface area contributed by atoms with Crippen LogP contribution in [0, 0.1) is 0 Å². The first-order chi connectivity index (χ1) is 12.3. The number of aromatic nitrogens is 3. The largest absolute Gasteiger partial charge is 0.507 e. The highest BCUT2D eigenvalue weighted by Gasteiger charge is 2.17. The average Bonchev–Trinajstić information content (AvgIpc) is 2.89.